The monoisotopic (exact) mass is 306 g/mol. The number of nitrogens with zero attached hydrogens (tertiary/aromatic N) is 2. The van der Waals surface area contributed by atoms with Crippen molar-refractivity contribution >= 4 is 39.1 Å². The van der Waals surface area contributed by atoms with Crippen molar-refractivity contribution in [3.05, 3.63) is 23.2 Å². The first-order chi connectivity index (χ1) is 10.1. The molecule has 0 saturated carbocycles. The predicted octanol–water partition coefficient (Wildman–Crippen LogP) is 0.205. The van der Waals surface area contributed by atoms with Crippen LogP contribution in [-0.4, -0.2) is 47.5 Å². The summed E-state index contributed by atoms with van der Waals surface area (Å²) in [6.07, 6.45) is 1.63. The highest BCUT2D eigenvalue weighted by Crippen LogP contribution is 2.33. The molecular weight excluding hydrogens is 292 g/mol. The number of primary amides is 1. The molecule has 1 aliphatic rings. The van der Waals surface area contributed by atoms with Crippen molar-refractivity contribution in [2.45, 2.75) is 6.04 Å². The van der Waals surface area contributed by atoms with Gasteiger partial charge in [0.05, 0.1) is 23.6 Å². The minimum atomic E-state index is -0.760. The molecule has 0 bridgehead atoms. The number of pyridine rings is 1. The van der Waals surface area contributed by atoms with Crippen molar-refractivity contribution in [1.29, 1.82) is 0 Å². The second-order valence-corrected chi connectivity index (χ2v) is 5.74. The SMILES string of the molecule is NC(=O)C1COCCN1C(=O)c1sc2cccnc2c1N. The third-order valence-electron chi connectivity index (χ3n) is 3.39. The van der Waals surface area contributed by atoms with E-state index >= 15 is 0 Å². The molecule has 8 heteroatoms. The Labute approximate surface area is 124 Å². The third-order valence-corrected chi connectivity index (χ3v) is 4.54. The summed E-state index contributed by atoms with van der Waals surface area (Å²) < 4.78 is 6.05. The molecule has 0 aromatic carbocycles. The van der Waals surface area contributed by atoms with Crippen LogP contribution in [0.4, 0.5) is 5.69 Å². The Morgan fingerprint density at radius 2 is 2.29 bits per heavy atom. The van der Waals surface area contributed by atoms with Gasteiger partial charge in [0, 0.05) is 12.7 Å². The van der Waals surface area contributed by atoms with Crippen molar-refractivity contribution in [1.82, 2.24) is 9.88 Å². The quantitative estimate of drug-likeness (QED) is 0.823. The van der Waals surface area contributed by atoms with Crippen LogP contribution < -0.4 is 11.5 Å². The van der Waals surface area contributed by atoms with Gasteiger partial charge in [-0.1, -0.05) is 0 Å². The minimum absolute atomic E-state index is 0.115. The Hall–Kier alpha value is -2.19. The average Bonchev–Trinajstić information content (AvgIpc) is 2.84. The van der Waals surface area contributed by atoms with Crippen molar-refractivity contribution in [2.75, 3.05) is 25.5 Å². The molecule has 1 fully saturated rings. The lowest BCUT2D eigenvalue weighted by molar-refractivity contribution is -0.127. The van der Waals surface area contributed by atoms with Gasteiger partial charge in [-0.25, -0.2) is 0 Å². The van der Waals surface area contributed by atoms with Gasteiger partial charge in [-0.2, -0.15) is 0 Å². The number of carbonyl (C=O) groups excluding carboxylic acids is 2. The average molecular weight is 306 g/mol. The van der Waals surface area contributed by atoms with Crippen LogP contribution in [0.25, 0.3) is 10.2 Å². The number of thiophene rings is 1. The molecule has 3 heterocycles. The topological polar surface area (TPSA) is 112 Å². The Morgan fingerprint density at radius 1 is 1.48 bits per heavy atom. The molecule has 0 aliphatic carbocycles. The maximum atomic E-state index is 12.7. The number of nitrogens with two attached hydrogens (primary N) is 2. The summed E-state index contributed by atoms with van der Waals surface area (Å²) in [6, 6.07) is 2.88. The number of aromatic nitrogens is 1. The van der Waals surface area contributed by atoms with E-state index in [1.807, 2.05) is 6.07 Å². The van der Waals surface area contributed by atoms with E-state index in [2.05, 4.69) is 4.98 Å². The first kappa shape index (κ1) is 13.8. The second-order valence-electron chi connectivity index (χ2n) is 4.69. The van der Waals surface area contributed by atoms with Gasteiger partial charge < -0.3 is 21.1 Å². The first-order valence-corrected chi connectivity index (χ1v) is 7.22. The lowest BCUT2D eigenvalue weighted by atomic mass is 10.2. The van der Waals surface area contributed by atoms with Crippen LogP contribution in [0.15, 0.2) is 18.3 Å². The molecule has 110 valence electrons. The Kier molecular flexibility index (Phi) is 3.48. The second kappa shape index (κ2) is 5.30. The van der Waals surface area contributed by atoms with E-state index in [0.29, 0.717) is 29.2 Å². The summed E-state index contributed by atoms with van der Waals surface area (Å²) in [4.78, 5) is 30.1. The van der Waals surface area contributed by atoms with Crippen LogP contribution in [0.2, 0.25) is 0 Å². The molecule has 1 saturated heterocycles. The minimum Gasteiger partial charge on any atom is -0.396 e. The zero-order valence-electron chi connectivity index (χ0n) is 11.1. The van der Waals surface area contributed by atoms with Crippen LogP contribution in [0.1, 0.15) is 9.67 Å². The maximum absolute atomic E-state index is 12.7. The highest BCUT2D eigenvalue weighted by Gasteiger charge is 2.33. The number of hydrogen-bond donors (Lipinski definition) is 2. The summed E-state index contributed by atoms with van der Waals surface area (Å²) in [7, 11) is 0. The van der Waals surface area contributed by atoms with Crippen molar-refractivity contribution < 1.29 is 14.3 Å². The lowest BCUT2D eigenvalue weighted by Crippen LogP contribution is -2.54. The fourth-order valence-electron chi connectivity index (χ4n) is 2.32. The van der Waals surface area contributed by atoms with E-state index in [1.54, 1.807) is 12.3 Å². The molecule has 0 radical (unpaired) electrons. The van der Waals surface area contributed by atoms with Crippen LogP contribution in [0, 0.1) is 0 Å². The zero-order chi connectivity index (χ0) is 15.0. The van der Waals surface area contributed by atoms with Gasteiger partial charge in [0.15, 0.2) is 0 Å². The highest BCUT2D eigenvalue weighted by atomic mass is 32.1. The summed E-state index contributed by atoms with van der Waals surface area (Å²) in [6.45, 7) is 0.802. The number of fused-ring (bicyclic) bond motifs is 1. The summed E-state index contributed by atoms with van der Waals surface area (Å²) in [5.74, 6) is -0.886. The number of nitrogen functional groups attached to an aromatic ring is 1. The van der Waals surface area contributed by atoms with Gasteiger partial charge in [-0.3, -0.25) is 14.6 Å². The molecular formula is C13H14N4O3S. The van der Waals surface area contributed by atoms with Gasteiger partial charge in [0.1, 0.15) is 16.4 Å². The van der Waals surface area contributed by atoms with Gasteiger partial charge in [-0.15, -0.1) is 11.3 Å². The van der Waals surface area contributed by atoms with E-state index in [0.717, 1.165) is 4.70 Å². The van der Waals surface area contributed by atoms with Gasteiger partial charge in [0.2, 0.25) is 5.91 Å². The molecule has 2 amide bonds. The van der Waals surface area contributed by atoms with Crippen LogP contribution >= 0.6 is 11.3 Å². The number of anilines is 1. The number of carbonyl (C=O) groups is 2. The Bertz CT molecular complexity index is 715. The smallest absolute Gasteiger partial charge is 0.266 e. The van der Waals surface area contributed by atoms with Crippen LogP contribution in [0.5, 0.6) is 0 Å². The van der Waals surface area contributed by atoms with Crippen molar-refractivity contribution in [3.8, 4) is 0 Å². The van der Waals surface area contributed by atoms with Crippen LogP contribution in [-0.2, 0) is 9.53 Å². The summed E-state index contributed by atoms with van der Waals surface area (Å²) in [5.41, 5.74) is 12.3. The summed E-state index contributed by atoms with van der Waals surface area (Å²) >= 11 is 1.27. The van der Waals surface area contributed by atoms with Crippen molar-refractivity contribution in [2.24, 2.45) is 5.73 Å². The zero-order valence-corrected chi connectivity index (χ0v) is 11.9. The summed E-state index contributed by atoms with van der Waals surface area (Å²) in [5, 5.41) is 0. The lowest BCUT2D eigenvalue weighted by Gasteiger charge is -2.33. The Morgan fingerprint density at radius 3 is 3.00 bits per heavy atom. The molecule has 4 N–H and O–H groups in total. The predicted molar refractivity (Wildman–Crippen MR) is 78.9 cm³/mol. The van der Waals surface area contributed by atoms with Gasteiger partial charge in [0.25, 0.3) is 5.91 Å². The number of ether oxygens (including phenoxy) is 1. The first-order valence-electron chi connectivity index (χ1n) is 6.40. The Balaban J connectivity index is 1.99. The molecule has 3 rings (SSSR count). The van der Waals surface area contributed by atoms with E-state index in [9.17, 15) is 9.59 Å². The van der Waals surface area contributed by atoms with E-state index < -0.39 is 11.9 Å². The molecule has 1 atom stereocenters. The molecule has 1 aliphatic heterocycles. The van der Waals surface area contributed by atoms with E-state index in [-0.39, 0.29) is 12.5 Å². The fraction of sp³-hybridized carbons (Fsp3) is 0.308. The molecule has 7 nitrogen and oxygen atoms in total. The van der Waals surface area contributed by atoms with Gasteiger partial charge >= 0.3 is 0 Å². The van der Waals surface area contributed by atoms with Crippen molar-refractivity contribution in [3.63, 3.8) is 0 Å². The van der Waals surface area contributed by atoms with E-state index in [4.69, 9.17) is 16.2 Å². The maximum Gasteiger partial charge on any atom is 0.266 e. The third kappa shape index (κ3) is 2.32. The normalized spacial score (nSPS) is 18.9. The highest BCUT2D eigenvalue weighted by molar-refractivity contribution is 7.21. The number of morpholine rings is 1. The molecule has 2 aromatic rings. The fourth-order valence-corrected chi connectivity index (χ4v) is 3.36. The number of amides is 2. The van der Waals surface area contributed by atoms with E-state index in [1.165, 1.54) is 16.2 Å². The van der Waals surface area contributed by atoms with Gasteiger partial charge in [-0.05, 0) is 12.1 Å². The molecule has 21 heavy (non-hydrogen) atoms. The van der Waals surface area contributed by atoms with Crippen LogP contribution in [0.3, 0.4) is 0 Å². The molecule has 2 aromatic heterocycles. The largest absolute Gasteiger partial charge is 0.396 e. The number of rotatable bonds is 2. The number of hydrogen-bond acceptors (Lipinski definition) is 6. The standard InChI is InChI=1S/C13H14N4O3S/c14-9-10-8(2-1-3-16-10)21-11(9)13(19)17-4-5-20-6-7(17)12(15)18/h1-3,7H,4-6,14H2,(H2,15,18). The molecule has 1 unspecified atom stereocenters. The molecule has 0 spiro atoms.